The minimum Gasteiger partial charge on any atom is -0.394 e. The van der Waals surface area contributed by atoms with Crippen LogP contribution in [0.4, 0.5) is 0 Å². The molecule has 0 saturated heterocycles. The number of thiol groups is 1. The summed E-state index contributed by atoms with van der Waals surface area (Å²) in [4.78, 5) is 9.76. The summed E-state index contributed by atoms with van der Waals surface area (Å²) in [6.45, 7) is 7.64. The van der Waals surface area contributed by atoms with Crippen LogP contribution in [-0.4, -0.2) is 68.0 Å². The number of methoxy groups -OCH3 is 1. The van der Waals surface area contributed by atoms with Crippen molar-refractivity contribution in [3.8, 4) is 0 Å². The third-order valence-electron chi connectivity index (χ3n) is 2.06. The fraction of sp³-hybridized carbons (Fsp3) is 0.769. The van der Waals surface area contributed by atoms with Crippen molar-refractivity contribution in [1.29, 1.82) is 0 Å². The maximum Gasteiger partial charge on any atom is 0.341 e. The quantitative estimate of drug-likeness (QED) is 0.303. The molecule has 3 unspecified atom stereocenters. The van der Waals surface area contributed by atoms with Gasteiger partial charge in [0, 0.05) is 26.1 Å². The second-order valence-corrected chi connectivity index (χ2v) is 4.38. The first-order valence-electron chi connectivity index (χ1n) is 6.40. The number of ether oxygens (including phenoxy) is 3. The fourth-order valence-electron chi connectivity index (χ4n) is 0.954. The van der Waals surface area contributed by atoms with Crippen molar-refractivity contribution in [2.45, 2.75) is 32.2 Å². The van der Waals surface area contributed by atoms with E-state index < -0.39 is 12.1 Å². The summed E-state index contributed by atoms with van der Waals surface area (Å²) in [7, 11) is 1.53. The minimum absolute atomic E-state index is 0.000973. The molecular weight excluding hydrogens is 300 g/mol. The Bertz CT molecular complexity index is 263. The average Bonchev–Trinajstić information content (AvgIpc) is 2.50. The third kappa shape index (κ3) is 17.3. The smallest absolute Gasteiger partial charge is 0.341 e. The number of carbonyl (C=O) groups excluding carboxylic acids is 1. The van der Waals surface area contributed by atoms with Gasteiger partial charge in [-0.2, -0.15) is 0 Å². The largest absolute Gasteiger partial charge is 0.394 e. The van der Waals surface area contributed by atoms with Crippen molar-refractivity contribution >= 4 is 18.9 Å². The van der Waals surface area contributed by atoms with Gasteiger partial charge in [0.2, 0.25) is 0 Å². The van der Waals surface area contributed by atoms with Gasteiger partial charge in [-0.1, -0.05) is 6.58 Å². The Morgan fingerprint density at radius 1 is 1.24 bits per heavy atom. The van der Waals surface area contributed by atoms with Crippen LogP contribution >= 0.6 is 12.9 Å². The molecule has 126 valence electrons. The van der Waals surface area contributed by atoms with Gasteiger partial charge in [-0.25, -0.2) is 4.79 Å². The van der Waals surface area contributed by atoms with Crippen LogP contribution in [0.3, 0.4) is 0 Å². The van der Waals surface area contributed by atoms with Crippen LogP contribution in [-0.2, 0) is 23.2 Å². The summed E-state index contributed by atoms with van der Waals surface area (Å²) >= 11 is 3.17. The highest BCUT2D eigenvalue weighted by molar-refractivity contribution is 7.75. The molecule has 0 aromatic rings. The van der Waals surface area contributed by atoms with Crippen LogP contribution < -0.4 is 0 Å². The van der Waals surface area contributed by atoms with E-state index in [0.29, 0.717) is 6.61 Å². The van der Waals surface area contributed by atoms with Crippen LogP contribution in [0, 0.1) is 0 Å². The van der Waals surface area contributed by atoms with Crippen molar-refractivity contribution in [2.24, 2.45) is 0 Å². The number of carbonyl (C=O) groups is 1. The first-order valence-corrected chi connectivity index (χ1v) is 6.76. The number of rotatable bonds is 10. The van der Waals surface area contributed by atoms with Gasteiger partial charge in [0.25, 0.3) is 0 Å². The second-order valence-electron chi connectivity index (χ2n) is 4.19. The number of aliphatic hydroxyl groups is 2. The third-order valence-corrected chi connectivity index (χ3v) is 2.24. The molecule has 0 aliphatic rings. The van der Waals surface area contributed by atoms with Crippen molar-refractivity contribution < 1.29 is 33.4 Å². The molecule has 0 aliphatic carbocycles. The Morgan fingerprint density at radius 2 is 1.81 bits per heavy atom. The summed E-state index contributed by atoms with van der Waals surface area (Å²) in [6.07, 6.45) is 0.144. The van der Waals surface area contributed by atoms with E-state index in [0.717, 1.165) is 6.08 Å². The van der Waals surface area contributed by atoms with Crippen LogP contribution in [0.1, 0.15) is 13.8 Å². The SMILES string of the molecule is C=CC(=O)OS.COCC(O)COC(C)COC(C)CO. The van der Waals surface area contributed by atoms with Gasteiger partial charge in [-0.3, -0.25) is 0 Å². The summed E-state index contributed by atoms with van der Waals surface area (Å²) in [5, 5.41) is 18.0. The van der Waals surface area contributed by atoms with Crippen LogP contribution in [0.5, 0.6) is 0 Å². The monoisotopic (exact) mass is 326 g/mol. The van der Waals surface area contributed by atoms with Crippen LogP contribution in [0.15, 0.2) is 12.7 Å². The second kappa shape index (κ2) is 15.7. The summed E-state index contributed by atoms with van der Waals surface area (Å²) in [5.41, 5.74) is 0. The Balaban J connectivity index is 0. The van der Waals surface area contributed by atoms with Crippen LogP contribution in [0.25, 0.3) is 0 Å². The van der Waals surface area contributed by atoms with E-state index in [-0.39, 0.29) is 32.0 Å². The Hall–Kier alpha value is -0.640. The Morgan fingerprint density at radius 3 is 2.19 bits per heavy atom. The summed E-state index contributed by atoms with van der Waals surface area (Å²) in [5.74, 6) is -0.529. The van der Waals surface area contributed by atoms with E-state index >= 15 is 0 Å². The molecule has 2 N–H and O–H groups in total. The molecule has 0 saturated carbocycles. The first kappa shape index (κ1) is 22.6. The van der Waals surface area contributed by atoms with Crippen molar-refractivity contribution in [3.63, 3.8) is 0 Å². The van der Waals surface area contributed by atoms with Crippen molar-refractivity contribution in [2.75, 3.05) is 33.5 Å². The molecule has 0 rings (SSSR count). The molecule has 0 bridgehead atoms. The maximum atomic E-state index is 9.76. The zero-order valence-corrected chi connectivity index (χ0v) is 13.6. The van der Waals surface area contributed by atoms with Gasteiger partial charge >= 0.3 is 5.97 Å². The van der Waals surface area contributed by atoms with Gasteiger partial charge in [0.1, 0.15) is 6.10 Å². The van der Waals surface area contributed by atoms with E-state index in [1.165, 1.54) is 7.11 Å². The molecule has 7 nitrogen and oxygen atoms in total. The van der Waals surface area contributed by atoms with Gasteiger partial charge in [0.15, 0.2) is 0 Å². The molecule has 0 heterocycles. The molecule has 8 heteroatoms. The highest BCUT2D eigenvalue weighted by Crippen LogP contribution is 1.98. The van der Waals surface area contributed by atoms with E-state index in [9.17, 15) is 9.90 Å². The Kier molecular flexibility index (Phi) is 17.0. The first-order chi connectivity index (χ1) is 9.90. The molecule has 0 aromatic heterocycles. The topological polar surface area (TPSA) is 94.5 Å². The Labute approximate surface area is 131 Å². The maximum absolute atomic E-state index is 9.76. The van der Waals surface area contributed by atoms with Gasteiger partial charge in [0.05, 0.1) is 38.6 Å². The van der Waals surface area contributed by atoms with Crippen LogP contribution in [0.2, 0.25) is 0 Å². The molecule has 21 heavy (non-hydrogen) atoms. The molecule has 0 aromatic carbocycles. The molecule has 0 spiro atoms. The minimum atomic E-state index is -0.604. The number of hydrogen-bond acceptors (Lipinski definition) is 8. The summed E-state index contributed by atoms with van der Waals surface area (Å²) in [6, 6.07) is 0. The highest BCUT2D eigenvalue weighted by atomic mass is 32.1. The normalized spacial score (nSPS) is 14.4. The van der Waals surface area contributed by atoms with Gasteiger partial charge < -0.3 is 28.6 Å². The van der Waals surface area contributed by atoms with Crippen molar-refractivity contribution in [1.82, 2.24) is 0 Å². The fourth-order valence-corrected chi connectivity index (χ4v) is 1.03. The predicted octanol–water partition coefficient (Wildman–Crippen LogP) is 0.357. The summed E-state index contributed by atoms with van der Waals surface area (Å²) < 4.78 is 19.2. The molecular formula is C13H26O7S. The predicted molar refractivity (Wildman–Crippen MR) is 81.1 cm³/mol. The van der Waals surface area contributed by atoms with E-state index in [1.807, 2.05) is 6.92 Å². The highest BCUT2D eigenvalue weighted by Gasteiger charge is 2.09. The average molecular weight is 326 g/mol. The molecule has 0 fully saturated rings. The number of hydrogen-bond donors (Lipinski definition) is 3. The van der Waals surface area contributed by atoms with Crippen molar-refractivity contribution in [3.05, 3.63) is 12.7 Å². The lowest BCUT2D eigenvalue weighted by atomic mass is 10.4. The number of aliphatic hydroxyl groups excluding tert-OH is 2. The van der Waals surface area contributed by atoms with E-state index in [2.05, 4.69) is 23.7 Å². The molecule has 0 aliphatic heterocycles. The zero-order valence-electron chi connectivity index (χ0n) is 12.7. The lowest BCUT2D eigenvalue weighted by Gasteiger charge is -2.18. The van der Waals surface area contributed by atoms with Gasteiger partial charge in [-0.15, -0.1) is 0 Å². The van der Waals surface area contributed by atoms with E-state index in [4.69, 9.17) is 19.3 Å². The van der Waals surface area contributed by atoms with E-state index in [1.54, 1.807) is 6.92 Å². The zero-order chi connectivity index (χ0) is 16.7. The standard InChI is InChI=1S/C10H22O5.C3H4O2S/c1-8(4-11)14-5-9(2)15-7-10(12)6-13-3;1-2-3(4)5-6/h8-12H,4-7H2,1-3H3;2,6H,1H2. The lowest BCUT2D eigenvalue weighted by Crippen LogP contribution is -2.27. The van der Waals surface area contributed by atoms with Gasteiger partial charge in [-0.05, 0) is 13.8 Å². The lowest BCUT2D eigenvalue weighted by molar-refractivity contribution is -0.127. The molecule has 0 radical (unpaired) electrons. The molecule has 0 amide bonds. The molecule has 3 atom stereocenters.